The molecule has 3 rings (SSSR count). The van der Waals surface area contributed by atoms with Crippen LogP contribution in [0.15, 0.2) is 24.3 Å². The van der Waals surface area contributed by atoms with E-state index in [1.807, 2.05) is 0 Å². The average Bonchev–Trinajstić information content (AvgIpc) is 3.00. The highest BCUT2D eigenvalue weighted by molar-refractivity contribution is 6.05. The van der Waals surface area contributed by atoms with Gasteiger partial charge < -0.3 is 10.6 Å². The molecule has 0 bridgehead atoms. The Balaban J connectivity index is 1.69. The van der Waals surface area contributed by atoms with Crippen molar-refractivity contribution < 1.29 is 19.2 Å². The summed E-state index contributed by atoms with van der Waals surface area (Å²) < 4.78 is 0. The summed E-state index contributed by atoms with van der Waals surface area (Å²) in [6.07, 6.45) is 5.49. The minimum absolute atomic E-state index is 0.0863. The van der Waals surface area contributed by atoms with Crippen molar-refractivity contribution in [2.75, 3.05) is 0 Å². The molecule has 2 aliphatic rings. The zero-order chi connectivity index (χ0) is 18.5. The van der Waals surface area contributed by atoms with Crippen LogP contribution in [-0.4, -0.2) is 35.5 Å². The van der Waals surface area contributed by atoms with Crippen LogP contribution in [0.2, 0.25) is 0 Å². The van der Waals surface area contributed by atoms with E-state index in [-0.39, 0.29) is 23.4 Å². The van der Waals surface area contributed by atoms with E-state index >= 15 is 0 Å². The van der Waals surface area contributed by atoms with Gasteiger partial charge >= 0.3 is 0 Å². The Morgan fingerprint density at radius 3 is 1.46 bits per heavy atom. The van der Waals surface area contributed by atoms with Crippen LogP contribution in [0.3, 0.4) is 0 Å². The van der Waals surface area contributed by atoms with Crippen LogP contribution < -0.4 is 10.6 Å². The summed E-state index contributed by atoms with van der Waals surface area (Å²) in [6.45, 7) is 0. The van der Waals surface area contributed by atoms with Gasteiger partial charge in [0.25, 0.3) is 0 Å². The van der Waals surface area contributed by atoms with E-state index in [0.717, 1.165) is 25.7 Å². The highest BCUT2D eigenvalue weighted by Crippen LogP contribution is 2.17. The van der Waals surface area contributed by atoms with Crippen molar-refractivity contribution in [1.82, 2.24) is 10.6 Å². The predicted molar refractivity (Wildman–Crippen MR) is 95.9 cm³/mol. The molecule has 2 amide bonds. The van der Waals surface area contributed by atoms with Crippen LogP contribution >= 0.6 is 0 Å². The minimum atomic E-state index is -0.493. The SMILES string of the molecule is O=C1CCCCC(C(=O)c2ccc(C(=O)C3CCCCC(=O)N3)cc2)N1. The number of hydrogen-bond acceptors (Lipinski definition) is 4. The molecule has 2 aliphatic heterocycles. The van der Waals surface area contributed by atoms with Crippen LogP contribution in [0, 0.1) is 0 Å². The lowest BCUT2D eigenvalue weighted by atomic mass is 9.96. The molecule has 2 heterocycles. The number of amides is 2. The van der Waals surface area contributed by atoms with Gasteiger partial charge in [-0.2, -0.15) is 0 Å². The fourth-order valence-electron chi connectivity index (χ4n) is 3.54. The molecule has 0 aliphatic carbocycles. The zero-order valence-corrected chi connectivity index (χ0v) is 14.8. The number of hydrogen-bond donors (Lipinski definition) is 2. The van der Waals surface area contributed by atoms with Gasteiger partial charge in [-0.15, -0.1) is 0 Å². The van der Waals surface area contributed by atoms with Gasteiger partial charge in [0.2, 0.25) is 11.8 Å². The normalized spacial score (nSPS) is 24.0. The number of ketones is 2. The largest absolute Gasteiger partial charge is 0.346 e. The van der Waals surface area contributed by atoms with Crippen molar-refractivity contribution in [2.24, 2.45) is 0 Å². The van der Waals surface area contributed by atoms with Crippen molar-refractivity contribution in [3.63, 3.8) is 0 Å². The van der Waals surface area contributed by atoms with Gasteiger partial charge in [0.05, 0.1) is 12.1 Å². The zero-order valence-electron chi connectivity index (χ0n) is 14.8. The lowest BCUT2D eigenvalue weighted by Gasteiger charge is -2.16. The minimum Gasteiger partial charge on any atom is -0.346 e. The molecular weight excluding hydrogens is 332 g/mol. The van der Waals surface area contributed by atoms with Crippen molar-refractivity contribution in [2.45, 2.75) is 63.5 Å². The predicted octanol–water partition coefficient (Wildman–Crippen LogP) is 2.17. The van der Waals surface area contributed by atoms with Gasteiger partial charge in [-0.05, 0) is 25.7 Å². The molecular formula is C20H24N2O4. The maximum atomic E-state index is 12.6. The number of Topliss-reactive ketones (excluding diaryl/α,β-unsaturated/α-hetero) is 2. The molecule has 2 fully saturated rings. The molecule has 0 spiro atoms. The van der Waals surface area contributed by atoms with E-state index in [2.05, 4.69) is 10.6 Å². The molecule has 2 atom stereocenters. The summed E-state index contributed by atoms with van der Waals surface area (Å²) in [5, 5.41) is 5.55. The van der Waals surface area contributed by atoms with Crippen LogP contribution in [0.4, 0.5) is 0 Å². The monoisotopic (exact) mass is 356 g/mol. The Labute approximate surface area is 152 Å². The van der Waals surface area contributed by atoms with Gasteiger partial charge in [-0.25, -0.2) is 0 Å². The highest BCUT2D eigenvalue weighted by Gasteiger charge is 2.26. The molecule has 2 saturated heterocycles. The van der Waals surface area contributed by atoms with E-state index in [9.17, 15) is 19.2 Å². The summed E-state index contributed by atoms with van der Waals surface area (Å²) >= 11 is 0. The Morgan fingerprint density at radius 1 is 0.692 bits per heavy atom. The second kappa shape index (κ2) is 8.25. The molecule has 2 N–H and O–H groups in total. The Morgan fingerprint density at radius 2 is 1.08 bits per heavy atom. The Bertz CT molecular complexity index is 650. The van der Waals surface area contributed by atoms with E-state index < -0.39 is 12.1 Å². The first-order chi connectivity index (χ1) is 12.5. The molecule has 1 aromatic carbocycles. The van der Waals surface area contributed by atoms with Gasteiger partial charge in [0, 0.05) is 24.0 Å². The number of nitrogens with one attached hydrogen (secondary N) is 2. The summed E-state index contributed by atoms with van der Waals surface area (Å²) in [5.41, 5.74) is 0.970. The standard InChI is InChI=1S/C20H24N2O4/c23-17-7-3-1-5-15(21-17)19(25)13-9-11-14(12-10-13)20(26)16-6-2-4-8-18(24)22-16/h9-12,15-16H,1-8H2,(H,21,23)(H,22,24). The number of rotatable bonds is 4. The topological polar surface area (TPSA) is 92.3 Å². The van der Waals surface area contributed by atoms with Crippen molar-refractivity contribution in [3.8, 4) is 0 Å². The van der Waals surface area contributed by atoms with Crippen molar-refractivity contribution in [1.29, 1.82) is 0 Å². The van der Waals surface area contributed by atoms with E-state index in [1.165, 1.54) is 0 Å². The van der Waals surface area contributed by atoms with Gasteiger partial charge in [0.15, 0.2) is 11.6 Å². The van der Waals surface area contributed by atoms with E-state index in [4.69, 9.17) is 0 Å². The summed E-state index contributed by atoms with van der Waals surface area (Å²) in [6, 6.07) is 5.53. The fourth-order valence-corrected chi connectivity index (χ4v) is 3.54. The first-order valence-electron chi connectivity index (χ1n) is 9.32. The van der Waals surface area contributed by atoms with Crippen LogP contribution in [0.1, 0.15) is 72.1 Å². The summed E-state index contributed by atoms with van der Waals surface area (Å²) in [5.74, 6) is -0.419. The second-order valence-corrected chi connectivity index (χ2v) is 7.04. The molecule has 138 valence electrons. The highest BCUT2D eigenvalue weighted by atomic mass is 16.2. The summed E-state index contributed by atoms with van der Waals surface area (Å²) in [7, 11) is 0. The van der Waals surface area contributed by atoms with Gasteiger partial charge in [-0.1, -0.05) is 37.1 Å². The number of carbonyl (C=O) groups is 4. The maximum absolute atomic E-state index is 12.6. The first-order valence-corrected chi connectivity index (χ1v) is 9.32. The molecule has 1 aromatic rings. The third-order valence-electron chi connectivity index (χ3n) is 5.05. The first kappa shape index (κ1) is 18.3. The third kappa shape index (κ3) is 4.36. The quantitative estimate of drug-likeness (QED) is 0.809. The van der Waals surface area contributed by atoms with Crippen molar-refractivity contribution >= 4 is 23.4 Å². The summed E-state index contributed by atoms with van der Waals surface area (Å²) in [4.78, 5) is 48.5. The van der Waals surface area contributed by atoms with Crippen molar-refractivity contribution in [3.05, 3.63) is 35.4 Å². The maximum Gasteiger partial charge on any atom is 0.220 e. The van der Waals surface area contributed by atoms with Gasteiger partial charge in [0.1, 0.15) is 0 Å². The van der Waals surface area contributed by atoms with Crippen LogP contribution in [-0.2, 0) is 9.59 Å². The molecule has 26 heavy (non-hydrogen) atoms. The van der Waals surface area contributed by atoms with E-state index in [0.29, 0.717) is 36.8 Å². The van der Waals surface area contributed by atoms with Gasteiger partial charge in [-0.3, -0.25) is 19.2 Å². The molecule has 0 saturated carbocycles. The molecule has 0 radical (unpaired) electrons. The lowest BCUT2D eigenvalue weighted by molar-refractivity contribution is -0.122. The van der Waals surface area contributed by atoms with Crippen LogP contribution in [0.25, 0.3) is 0 Å². The molecule has 0 aromatic heterocycles. The Kier molecular flexibility index (Phi) is 5.81. The smallest absolute Gasteiger partial charge is 0.220 e. The molecule has 2 unspecified atom stereocenters. The average molecular weight is 356 g/mol. The molecule has 6 heteroatoms. The lowest BCUT2D eigenvalue weighted by Crippen LogP contribution is -2.39. The number of carbonyl (C=O) groups excluding carboxylic acids is 4. The number of benzene rings is 1. The second-order valence-electron chi connectivity index (χ2n) is 7.04. The third-order valence-corrected chi connectivity index (χ3v) is 5.05. The van der Waals surface area contributed by atoms with Crippen LogP contribution in [0.5, 0.6) is 0 Å². The molecule has 6 nitrogen and oxygen atoms in total. The Hall–Kier alpha value is -2.50. The van der Waals surface area contributed by atoms with E-state index in [1.54, 1.807) is 24.3 Å². The fraction of sp³-hybridized carbons (Fsp3) is 0.500.